The molecule has 25 heavy (non-hydrogen) atoms. The number of hydrogen-bond donors (Lipinski definition) is 0. The van der Waals surface area contributed by atoms with Crippen molar-refractivity contribution in [1.29, 1.82) is 0 Å². The van der Waals surface area contributed by atoms with Crippen molar-refractivity contribution in [2.45, 2.75) is 18.6 Å². The van der Waals surface area contributed by atoms with Crippen molar-refractivity contribution in [3.63, 3.8) is 0 Å². The molecule has 1 heterocycles. The molecule has 1 amide bonds. The van der Waals surface area contributed by atoms with Gasteiger partial charge in [-0.05, 0) is 40.6 Å². The van der Waals surface area contributed by atoms with E-state index in [0.29, 0.717) is 11.7 Å². The normalized spacial score (nSPS) is 10.6. The molecule has 7 heteroatoms. The quantitative estimate of drug-likeness (QED) is 0.638. The fourth-order valence-corrected chi connectivity index (χ4v) is 3.20. The van der Waals surface area contributed by atoms with E-state index in [1.54, 1.807) is 16.6 Å². The van der Waals surface area contributed by atoms with Gasteiger partial charge in [0.2, 0.25) is 11.1 Å². The highest BCUT2D eigenvalue weighted by Gasteiger charge is 2.14. The van der Waals surface area contributed by atoms with E-state index < -0.39 is 0 Å². The van der Waals surface area contributed by atoms with Gasteiger partial charge >= 0.3 is 0 Å². The molecule has 0 fully saturated rings. The van der Waals surface area contributed by atoms with Gasteiger partial charge in [0.05, 0.1) is 11.4 Å². The van der Waals surface area contributed by atoms with E-state index >= 15 is 0 Å². The topological polar surface area (TPSA) is 63.9 Å². The minimum absolute atomic E-state index is 0.0349. The fourth-order valence-electron chi connectivity index (χ4n) is 2.37. The summed E-state index contributed by atoms with van der Waals surface area (Å²) in [6.45, 7) is 2.60. The number of hydrogen-bond acceptors (Lipinski definition) is 5. The van der Waals surface area contributed by atoms with Crippen LogP contribution in [0.1, 0.15) is 11.1 Å². The van der Waals surface area contributed by atoms with Gasteiger partial charge in [-0.2, -0.15) is 4.68 Å². The number of amides is 1. The molecule has 0 unspecified atom stereocenters. The first-order valence-corrected chi connectivity index (χ1v) is 8.88. The average Bonchev–Trinajstić information content (AvgIpc) is 3.09. The summed E-state index contributed by atoms with van der Waals surface area (Å²) in [5.74, 6) is 0.322. The molecule has 0 aliphatic heterocycles. The highest BCUT2D eigenvalue weighted by molar-refractivity contribution is 7.99. The highest BCUT2D eigenvalue weighted by atomic mass is 32.2. The van der Waals surface area contributed by atoms with Gasteiger partial charge in [0.25, 0.3) is 0 Å². The van der Waals surface area contributed by atoms with Crippen molar-refractivity contribution in [1.82, 2.24) is 25.1 Å². The van der Waals surface area contributed by atoms with Crippen LogP contribution in [0.3, 0.4) is 0 Å². The van der Waals surface area contributed by atoms with Crippen molar-refractivity contribution in [3.8, 4) is 5.69 Å². The molecule has 3 aromatic rings. The average molecular weight is 353 g/mol. The Morgan fingerprint density at radius 1 is 1.16 bits per heavy atom. The summed E-state index contributed by atoms with van der Waals surface area (Å²) >= 11 is 1.34. The molecular formula is C18H19N5OS. The summed E-state index contributed by atoms with van der Waals surface area (Å²) in [4.78, 5) is 14.1. The predicted octanol–water partition coefficient (Wildman–Crippen LogP) is 2.72. The van der Waals surface area contributed by atoms with Crippen LogP contribution in [0.15, 0.2) is 59.8 Å². The zero-order chi connectivity index (χ0) is 17.6. The Balaban J connectivity index is 1.62. The second-order valence-electron chi connectivity index (χ2n) is 5.74. The summed E-state index contributed by atoms with van der Waals surface area (Å²) in [5, 5.41) is 12.4. The van der Waals surface area contributed by atoms with Crippen LogP contribution < -0.4 is 0 Å². The van der Waals surface area contributed by atoms with Crippen molar-refractivity contribution in [2.75, 3.05) is 12.8 Å². The van der Waals surface area contributed by atoms with E-state index in [1.807, 2.05) is 61.5 Å². The van der Waals surface area contributed by atoms with Gasteiger partial charge in [-0.15, -0.1) is 5.10 Å². The zero-order valence-electron chi connectivity index (χ0n) is 14.2. The van der Waals surface area contributed by atoms with Gasteiger partial charge in [0.1, 0.15) is 0 Å². The Hall–Kier alpha value is -2.67. The van der Waals surface area contributed by atoms with E-state index in [-0.39, 0.29) is 11.7 Å². The Bertz CT molecular complexity index is 849. The van der Waals surface area contributed by atoms with Crippen LogP contribution in [-0.4, -0.2) is 43.8 Å². The second kappa shape index (κ2) is 7.94. The van der Waals surface area contributed by atoms with Crippen LogP contribution in [0.4, 0.5) is 0 Å². The standard InChI is InChI=1S/C18H19N5OS/c1-14-7-6-10-16(11-14)23-18(19-20-21-23)25-13-17(24)22(2)12-15-8-4-3-5-9-15/h3-11H,12-13H2,1-2H3. The molecule has 0 spiro atoms. The summed E-state index contributed by atoms with van der Waals surface area (Å²) in [6, 6.07) is 17.8. The first-order valence-electron chi connectivity index (χ1n) is 7.89. The molecular weight excluding hydrogens is 334 g/mol. The largest absolute Gasteiger partial charge is 0.341 e. The first kappa shape index (κ1) is 17.2. The highest BCUT2D eigenvalue weighted by Crippen LogP contribution is 2.19. The minimum atomic E-state index is 0.0349. The van der Waals surface area contributed by atoms with Gasteiger partial charge in [-0.1, -0.05) is 54.2 Å². The molecule has 3 rings (SSSR count). The summed E-state index contributed by atoms with van der Waals surface area (Å²) < 4.78 is 1.65. The smallest absolute Gasteiger partial charge is 0.233 e. The Morgan fingerprint density at radius 2 is 1.96 bits per heavy atom. The third kappa shape index (κ3) is 4.45. The molecule has 0 radical (unpaired) electrons. The summed E-state index contributed by atoms with van der Waals surface area (Å²) in [7, 11) is 1.80. The van der Waals surface area contributed by atoms with Crippen LogP contribution >= 0.6 is 11.8 Å². The third-order valence-corrected chi connectivity index (χ3v) is 4.60. The number of thioether (sulfide) groups is 1. The number of aryl methyl sites for hydroxylation is 1. The van der Waals surface area contributed by atoms with Crippen molar-refractivity contribution < 1.29 is 4.79 Å². The predicted molar refractivity (Wildman–Crippen MR) is 97.5 cm³/mol. The lowest BCUT2D eigenvalue weighted by Crippen LogP contribution is -2.27. The van der Waals surface area contributed by atoms with Crippen LogP contribution in [-0.2, 0) is 11.3 Å². The third-order valence-electron chi connectivity index (χ3n) is 3.70. The number of rotatable bonds is 6. The molecule has 0 atom stereocenters. The second-order valence-corrected chi connectivity index (χ2v) is 6.68. The van der Waals surface area contributed by atoms with Gasteiger partial charge in [-0.25, -0.2) is 0 Å². The van der Waals surface area contributed by atoms with Crippen LogP contribution in [0, 0.1) is 6.92 Å². The van der Waals surface area contributed by atoms with E-state index in [2.05, 4.69) is 15.5 Å². The number of carbonyl (C=O) groups is 1. The van der Waals surface area contributed by atoms with Crippen LogP contribution in [0.25, 0.3) is 5.69 Å². The van der Waals surface area contributed by atoms with Crippen LogP contribution in [0.5, 0.6) is 0 Å². The SMILES string of the molecule is Cc1cccc(-n2nnnc2SCC(=O)N(C)Cc2ccccc2)c1. The fraction of sp³-hybridized carbons (Fsp3) is 0.222. The van der Waals surface area contributed by atoms with Crippen molar-refractivity contribution in [2.24, 2.45) is 0 Å². The lowest BCUT2D eigenvalue weighted by Gasteiger charge is -2.16. The van der Waals surface area contributed by atoms with E-state index in [1.165, 1.54) is 11.8 Å². The molecule has 0 aliphatic rings. The lowest BCUT2D eigenvalue weighted by molar-refractivity contribution is -0.127. The molecule has 0 bridgehead atoms. The van der Waals surface area contributed by atoms with E-state index in [4.69, 9.17) is 0 Å². The minimum Gasteiger partial charge on any atom is -0.341 e. The molecule has 1 aromatic heterocycles. The number of tetrazole rings is 1. The number of benzene rings is 2. The Labute approximate surface area is 150 Å². The molecule has 2 aromatic carbocycles. The number of nitrogens with zero attached hydrogens (tertiary/aromatic N) is 5. The van der Waals surface area contributed by atoms with Gasteiger partial charge in [0.15, 0.2) is 0 Å². The monoisotopic (exact) mass is 353 g/mol. The Kier molecular flexibility index (Phi) is 5.45. The lowest BCUT2D eigenvalue weighted by atomic mass is 10.2. The van der Waals surface area contributed by atoms with Gasteiger partial charge in [0, 0.05) is 13.6 Å². The molecule has 0 N–H and O–H groups in total. The maximum atomic E-state index is 12.4. The maximum absolute atomic E-state index is 12.4. The van der Waals surface area contributed by atoms with Crippen molar-refractivity contribution >= 4 is 17.7 Å². The molecule has 0 saturated carbocycles. The van der Waals surface area contributed by atoms with Crippen molar-refractivity contribution in [3.05, 3.63) is 65.7 Å². The van der Waals surface area contributed by atoms with Gasteiger partial charge < -0.3 is 4.90 Å². The molecule has 0 aliphatic carbocycles. The first-order chi connectivity index (χ1) is 12.1. The maximum Gasteiger partial charge on any atom is 0.233 e. The van der Waals surface area contributed by atoms with Crippen LogP contribution in [0.2, 0.25) is 0 Å². The summed E-state index contributed by atoms with van der Waals surface area (Å²) in [6.07, 6.45) is 0. The van der Waals surface area contributed by atoms with E-state index in [9.17, 15) is 4.79 Å². The Morgan fingerprint density at radius 3 is 2.72 bits per heavy atom. The number of carbonyl (C=O) groups excluding carboxylic acids is 1. The van der Waals surface area contributed by atoms with Gasteiger partial charge in [-0.3, -0.25) is 4.79 Å². The molecule has 6 nitrogen and oxygen atoms in total. The summed E-state index contributed by atoms with van der Waals surface area (Å²) in [5.41, 5.74) is 3.12. The molecule has 0 saturated heterocycles. The number of aromatic nitrogens is 4. The molecule has 128 valence electrons. The zero-order valence-corrected chi connectivity index (χ0v) is 15.0. The van der Waals surface area contributed by atoms with E-state index in [0.717, 1.165) is 16.8 Å².